The van der Waals surface area contributed by atoms with Crippen molar-refractivity contribution in [3.63, 3.8) is 0 Å². The highest BCUT2D eigenvalue weighted by Crippen LogP contribution is 2.23. The van der Waals surface area contributed by atoms with E-state index in [0.717, 1.165) is 11.1 Å². The van der Waals surface area contributed by atoms with Crippen molar-refractivity contribution in [3.8, 4) is 0 Å². The summed E-state index contributed by atoms with van der Waals surface area (Å²) < 4.78 is 5.36. The summed E-state index contributed by atoms with van der Waals surface area (Å²) in [6.45, 7) is 7.39. The van der Waals surface area contributed by atoms with E-state index in [9.17, 15) is 9.59 Å². The molecular formula is C21H25NO3. The van der Waals surface area contributed by atoms with Crippen molar-refractivity contribution >= 4 is 11.9 Å². The number of carbonyl (C=O) groups is 2. The lowest BCUT2D eigenvalue weighted by atomic mass is 9.95. The van der Waals surface area contributed by atoms with Crippen molar-refractivity contribution in [2.75, 3.05) is 0 Å². The normalized spacial score (nSPS) is 12.3. The lowest BCUT2D eigenvalue weighted by Crippen LogP contribution is -2.36. The van der Waals surface area contributed by atoms with Crippen molar-refractivity contribution in [3.05, 3.63) is 71.3 Å². The number of hydrogen-bond acceptors (Lipinski definition) is 3. The highest BCUT2D eigenvalue weighted by molar-refractivity contribution is 5.96. The zero-order valence-corrected chi connectivity index (χ0v) is 15.2. The number of nitrogens with one attached hydrogen (secondary N) is 1. The molecule has 1 atom stereocenters. The lowest BCUT2D eigenvalue weighted by Gasteiger charge is -2.24. The first kappa shape index (κ1) is 18.7. The molecule has 4 heteroatoms. The minimum Gasteiger partial charge on any atom is -0.444 e. The Labute approximate surface area is 149 Å². The second-order valence-electron chi connectivity index (χ2n) is 7.05. The van der Waals surface area contributed by atoms with E-state index in [4.69, 9.17) is 4.74 Å². The number of ketones is 1. The van der Waals surface area contributed by atoms with Gasteiger partial charge in [-0.1, -0.05) is 54.6 Å². The molecule has 2 aromatic carbocycles. The molecule has 0 radical (unpaired) electrons. The van der Waals surface area contributed by atoms with Crippen LogP contribution in [-0.4, -0.2) is 17.5 Å². The van der Waals surface area contributed by atoms with Crippen LogP contribution in [0.25, 0.3) is 0 Å². The van der Waals surface area contributed by atoms with Crippen LogP contribution < -0.4 is 5.32 Å². The van der Waals surface area contributed by atoms with Crippen LogP contribution in [0.2, 0.25) is 0 Å². The Kier molecular flexibility index (Phi) is 5.97. The number of Topliss-reactive ketones (excluding diaryl/α,β-unsaturated/α-hetero) is 1. The molecule has 0 aliphatic rings. The minimum absolute atomic E-state index is 0.0232. The third kappa shape index (κ3) is 5.75. The van der Waals surface area contributed by atoms with E-state index < -0.39 is 17.7 Å². The first-order valence-corrected chi connectivity index (χ1v) is 8.39. The molecule has 132 valence electrons. The largest absolute Gasteiger partial charge is 0.444 e. The van der Waals surface area contributed by atoms with Crippen LogP contribution in [0.3, 0.4) is 0 Å². The zero-order chi connectivity index (χ0) is 18.4. The van der Waals surface area contributed by atoms with Gasteiger partial charge in [0.1, 0.15) is 5.60 Å². The summed E-state index contributed by atoms with van der Waals surface area (Å²) in [6.07, 6.45) is -0.352. The predicted molar refractivity (Wildman–Crippen MR) is 98.7 cm³/mol. The molecule has 1 N–H and O–H groups in total. The fourth-order valence-corrected chi connectivity index (χ4v) is 2.59. The smallest absolute Gasteiger partial charge is 0.408 e. The molecule has 0 heterocycles. The van der Waals surface area contributed by atoms with Crippen LogP contribution in [0.15, 0.2) is 54.6 Å². The molecule has 0 bridgehead atoms. The molecule has 25 heavy (non-hydrogen) atoms. The van der Waals surface area contributed by atoms with Crippen molar-refractivity contribution < 1.29 is 14.3 Å². The van der Waals surface area contributed by atoms with E-state index >= 15 is 0 Å². The van der Waals surface area contributed by atoms with Crippen molar-refractivity contribution in [1.82, 2.24) is 5.32 Å². The van der Waals surface area contributed by atoms with E-state index in [2.05, 4.69) is 5.32 Å². The van der Waals surface area contributed by atoms with Gasteiger partial charge in [-0.15, -0.1) is 0 Å². The number of aryl methyl sites for hydroxylation is 1. The second-order valence-corrected chi connectivity index (χ2v) is 7.05. The van der Waals surface area contributed by atoms with E-state index in [1.54, 1.807) is 12.1 Å². The summed E-state index contributed by atoms with van der Waals surface area (Å²) in [7, 11) is 0. The maximum Gasteiger partial charge on any atom is 0.408 e. The topological polar surface area (TPSA) is 55.4 Å². The summed E-state index contributed by atoms with van der Waals surface area (Å²) in [5.41, 5.74) is 1.97. The number of carbonyl (C=O) groups excluding carboxylic acids is 2. The average Bonchev–Trinajstić information content (AvgIpc) is 2.53. The molecule has 0 unspecified atom stereocenters. The third-order valence-corrected chi connectivity index (χ3v) is 3.74. The maximum absolute atomic E-state index is 12.6. The highest BCUT2D eigenvalue weighted by Gasteiger charge is 2.24. The standard InChI is InChI=1S/C21H25NO3/c1-15-10-8-9-13-17(15)18(22-20(24)25-21(2,3)4)14-19(23)16-11-6-5-7-12-16/h5-13,18H,14H2,1-4H3,(H,22,24)/t18-/m1/s1. The summed E-state index contributed by atoms with van der Waals surface area (Å²) in [6, 6.07) is 16.4. The molecule has 1 amide bonds. The Balaban J connectivity index is 2.22. The van der Waals surface area contributed by atoms with Gasteiger partial charge in [-0.3, -0.25) is 4.79 Å². The predicted octanol–water partition coefficient (Wildman–Crippen LogP) is 4.83. The van der Waals surface area contributed by atoms with Gasteiger partial charge in [0, 0.05) is 12.0 Å². The fraction of sp³-hybridized carbons (Fsp3) is 0.333. The quantitative estimate of drug-likeness (QED) is 0.794. The van der Waals surface area contributed by atoms with Gasteiger partial charge in [0.05, 0.1) is 6.04 Å². The molecule has 0 saturated carbocycles. The van der Waals surface area contributed by atoms with Gasteiger partial charge in [-0.25, -0.2) is 4.79 Å². The SMILES string of the molecule is Cc1ccccc1[C@@H](CC(=O)c1ccccc1)NC(=O)OC(C)(C)C. The second kappa shape index (κ2) is 7.97. The van der Waals surface area contributed by atoms with E-state index in [1.807, 2.05) is 70.2 Å². The molecule has 2 rings (SSSR count). The molecule has 0 aliphatic heterocycles. The lowest BCUT2D eigenvalue weighted by molar-refractivity contribution is 0.0501. The summed E-state index contributed by atoms with van der Waals surface area (Å²) in [5, 5.41) is 2.85. The Morgan fingerprint density at radius 1 is 1.00 bits per heavy atom. The van der Waals surface area contributed by atoms with E-state index in [0.29, 0.717) is 5.56 Å². The van der Waals surface area contributed by atoms with Crippen molar-refractivity contribution in [1.29, 1.82) is 0 Å². The van der Waals surface area contributed by atoms with E-state index in [-0.39, 0.29) is 12.2 Å². The molecule has 0 aliphatic carbocycles. The minimum atomic E-state index is -0.593. The summed E-state index contributed by atoms with van der Waals surface area (Å²) >= 11 is 0. The number of ether oxygens (including phenoxy) is 1. The molecule has 4 nitrogen and oxygen atoms in total. The maximum atomic E-state index is 12.6. The monoisotopic (exact) mass is 339 g/mol. The van der Waals surface area contributed by atoms with Crippen molar-refractivity contribution in [2.24, 2.45) is 0 Å². The van der Waals surface area contributed by atoms with Gasteiger partial charge in [0.25, 0.3) is 0 Å². The first-order valence-electron chi connectivity index (χ1n) is 8.39. The van der Waals surface area contributed by atoms with Crippen LogP contribution in [0.4, 0.5) is 4.79 Å². The Morgan fingerprint density at radius 2 is 1.60 bits per heavy atom. The van der Waals surface area contributed by atoms with Gasteiger partial charge in [0.2, 0.25) is 0 Å². The Hall–Kier alpha value is -2.62. The number of benzene rings is 2. The third-order valence-electron chi connectivity index (χ3n) is 3.74. The molecule has 2 aromatic rings. The van der Waals surface area contributed by atoms with Crippen LogP contribution in [-0.2, 0) is 4.74 Å². The highest BCUT2D eigenvalue weighted by atomic mass is 16.6. The fourth-order valence-electron chi connectivity index (χ4n) is 2.59. The van der Waals surface area contributed by atoms with Crippen LogP contribution in [0, 0.1) is 6.92 Å². The zero-order valence-electron chi connectivity index (χ0n) is 15.2. The van der Waals surface area contributed by atoms with E-state index in [1.165, 1.54) is 0 Å². The Morgan fingerprint density at radius 3 is 2.20 bits per heavy atom. The average molecular weight is 339 g/mol. The van der Waals surface area contributed by atoms with Crippen molar-refractivity contribution in [2.45, 2.75) is 45.8 Å². The Bertz CT molecular complexity index is 732. The van der Waals surface area contributed by atoms with Gasteiger partial charge < -0.3 is 10.1 Å². The van der Waals surface area contributed by atoms with Gasteiger partial charge in [-0.2, -0.15) is 0 Å². The first-order chi connectivity index (χ1) is 11.8. The summed E-state index contributed by atoms with van der Waals surface area (Å²) in [5.74, 6) is -0.0232. The van der Waals surface area contributed by atoms with Gasteiger partial charge in [-0.05, 0) is 38.8 Å². The number of amides is 1. The van der Waals surface area contributed by atoms with Gasteiger partial charge >= 0.3 is 6.09 Å². The summed E-state index contributed by atoms with van der Waals surface area (Å²) in [4.78, 5) is 24.8. The number of hydrogen-bond donors (Lipinski definition) is 1. The number of alkyl carbamates (subject to hydrolysis) is 1. The van der Waals surface area contributed by atoms with Crippen LogP contribution in [0.5, 0.6) is 0 Å². The molecule has 0 saturated heterocycles. The molecule has 0 aromatic heterocycles. The molecule has 0 spiro atoms. The van der Waals surface area contributed by atoms with Crippen LogP contribution in [0.1, 0.15) is 54.7 Å². The van der Waals surface area contributed by atoms with Crippen LogP contribution >= 0.6 is 0 Å². The number of rotatable bonds is 5. The molecule has 0 fully saturated rings. The van der Waals surface area contributed by atoms with Gasteiger partial charge in [0.15, 0.2) is 5.78 Å². The molecular weight excluding hydrogens is 314 g/mol.